The molecule has 0 saturated carbocycles. The van der Waals surface area contributed by atoms with Crippen molar-refractivity contribution in [2.45, 2.75) is 46.3 Å². The molecule has 0 bridgehead atoms. The van der Waals surface area contributed by atoms with Crippen molar-refractivity contribution in [3.63, 3.8) is 0 Å². The number of H-pyrrole nitrogens is 1. The minimum atomic E-state index is -0.525. The number of nitrogens with zero attached hydrogens (tertiary/aromatic N) is 4. The molecule has 1 aromatic carbocycles. The van der Waals surface area contributed by atoms with Crippen molar-refractivity contribution in [3.8, 4) is 11.4 Å². The first-order chi connectivity index (χ1) is 14.1. The van der Waals surface area contributed by atoms with E-state index in [4.69, 9.17) is 17.0 Å². The number of carbonyl (C=O) groups is 2. The van der Waals surface area contributed by atoms with Crippen LogP contribution in [0.25, 0.3) is 11.4 Å². The van der Waals surface area contributed by atoms with Crippen LogP contribution in [0, 0.1) is 11.7 Å². The van der Waals surface area contributed by atoms with E-state index in [1.165, 1.54) is 5.56 Å². The van der Waals surface area contributed by atoms with Crippen LogP contribution in [0.5, 0.6) is 0 Å². The van der Waals surface area contributed by atoms with Crippen molar-refractivity contribution < 1.29 is 14.3 Å². The summed E-state index contributed by atoms with van der Waals surface area (Å²) >= 11 is 5.36. The summed E-state index contributed by atoms with van der Waals surface area (Å²) < 4.78 is 7.75. The van der Waals surface area contributed by atoms with Gasteiger partial charge in [0.05, 0.1) is 0 Å². The zero-order valence-corrected chi connectivity index (χ0v) is 18.8. The van der Waals surface area contributed by atoms with Crippen LogP contribution in [-0.2, 0) is 16.1 Å². The van der Waals surface area contributed by atoms with Gasteiger partial charge in [-0.15, -0.1) is 0 Å². The van der Waals surface area contributed by atoms with Crippen LogP contribution in [0.3, 0.4) is 0 Å². The van der Waals surface area contributed by atoms with Gasteiger partial charge >= 0.3 is 6.09 Å². The van der Waals surface area contributed by atoms with Crippen molar-refractivity contribution in [2.24, 2.45) is 0 Å². The Kier molecular flexibility index (Phi) is 6.60. The van der Waals surface area contributed by atoms with Crippen molar-refractivity contribution in [1.29, 1.82) is 0 Å². The molecule has 1 saturated heterocycles. The molecule has 2 amide bonds. The fourth-order valence-corrected chi connectivity index (χ4v) is 3.50. The predicted molar refractivity (Wildman–Crippen MR) is 117 cm³/mol. The highest BCUT2D eigenvalue weighted by atomic mass is 32.1. The van der Waals surface area contributed by atoms with E-state index in [1.807, 2.05) is 56.5 Å². The quantitative estimate of drug-likeness (QED) is 0.751. The van der Waals surface area contributed by atoms with Gasteiger partial charge in [-0.3, -0.25) is 14.5 Å². The van der Waals surface area contributed by atoms with Gasteiger partial charge in [0.25, 0.3) is 0 Å². The van der Waals surface area contributed by atoms with Crippen LogP contribution < -0.4 is 0 Å². The Morgan fingerprint density at radius 3 is 2.30 bits per heavy atom. The molecule has 1 aromatic heterocycles. The highest BCUT2D eigenvalue weighted by Crippen LogP contribution is 2.19. The maximum absolute atomic E-state index is 12.7. The highest BCUT2D eigenvalue weighted by molar-refractivity contribution is 7.71. The molecule has 162 valence electrons. The van der Waals surface area contributed by atoms with Crippen LogP contribution in [-0.4, -0.2) is 68.3 Å². The number of piperazine rings is 1. The fraction of sp³-hybridized carbons (Fsp3) is 0.524. The number of rotatable bonds is 4. The van der Waals surface area contributed by atoms with Gasteiger partial charge in [0, 0.05) is 44.7 Å². The molecule has 8 nitrogen and oxygen atoms in total. The van der Waals surface area contributed by atoms with E-state index in [9.17, 15) is 9.59 Å². The molecule has 1 fully saturated rings. The summed E-state index contributed by atoms with van der Waals surface area (Å²) in [6, 6.07) is 8.03. The number of nitrogens with one attached hydrogen (secondary N) is 1. The van der Waals surface area contributed by atoms with Crippen LogP contribution in [0.15, 0.2) is 24.3 Å². The number of benzene rings is 1. The molecule has 0 radical (unpaired) electrons. The molecule has 2 aromatic rings. The molecule has 0 unspecified atom stereocenters. The molecule has 3 rings (SSSR count). The Morgan fingerprint density at radius 1 is 1.10 bits per heavy atom. The summed E-state index contributed by atoms with van der Waals surface area (Å²) in [6.07, 6.45) is -0.0129. The van der Waals surface area contributed by atoms with Gasteiger partial charge in [-0.2, -0.15) is 5.10 Å². The number of aryl methyl sites for hydroxylation is 1. The molecular formula is C21H29N5O3S. The van der Waals surface area contributed by atoms with E-state index in [0.29, 0.717) is 43.9 Å². The topological polar surface area (TPSA) is 83.5 Å². The average Bonchev–Trinajstić information content (AvgIpc) is 3.06. The van der Waals surface area contributed by atoms with E-state index >= 15 is 0 Å². The van der Waals surface area contributed by atoms with E-state index in [0.717, 1.165) is 11.4 Å². The maximum atomic E-state index is 12.7. The first-order valence-electron chi connectivity index (χ1n) is 10.1. The second-order valence-corrected chi connectivity index (χ2v) is 8.85. The number of hydrogen-bond acceptors (Lipinski definition) is 5. The Morgan fingerprint density at radius 2 is 1.70 bits per heavy atom. The molecule has 0 spiro atoms. The van der Waals surface area contributed by atoms with Gasteiger partial charge in [0.1, 0.15) is 5.60 Å². The number of hydrogen-bond donors (Lipinski definition) is 1. The van der Waals surface area contributed by atoms with Gasteiger partial charge in [-0.25, -0.2) is 4.79 Å². The molecule has 2 heterocycles. The molecule has 30 heavy (non-hydrogen) atoms. The van der Waals surface area contributed by atoms with Crippen molar-refractivity contribution in [2.75, 3.05) is 26.2 Å². The van der Waals surface area contributed by atoms with Crippen molar-refractivity contribution in [3.05, 3.63) is 34.6 Å². The number of carbonyl (C=O) groups excluding carboxylic acids is 2. The second-order valence-electron chi connectivity index (χ2n) is 8.47. The summed E-state index contributed by atoms with van der Waals surface area (Å²) in [6.45, 7) is 9.95. The van der Waals surface area contributed by atoms with Crippen LogP contribution >= 0.6 is 12.2 Å². The summed E-state index contributed by atoms with van der Waals surface area (Å²) in [5, 5.41) is 7.15. The number of aromatic nitrogens is 3. The molecule has 0 aliphatic carbocycles. The molecule has 0 atom stereocenters. The number of amides is 2. The first kappa shape index (κ1) is 22.0. The van der Waals surface area contributed by atoms with E-state index in [1.54, 1.807) is 9.80 Å². The summed E-state index contributed by atoms with van der Waals surface area (Å²) in [4.78, 5) is 28.3. The van der Waals surface area contributed by atoms with Crippen LogP contribution in [0.1, 0.15) is 32.8 Å². The zero-order chi connectivity index (χ0) is 21.9. The van der Waals surface area contributed by atoms with Gasteiger partial charge in [-0.1, -0.05) is 29.8 Å². The largest absolute Gasteiger partial charge is 0.444 e. The molecule has 1 N–H and O–H groups in total. The minimum absolute atomic E-state index is 0.0387. The summed E-state index contributed by atoms with van der Waals surface area (Å²) in [5.74, 6) is 0.763. The number of aromatic amines is 1. The third-order valence-electron chi connectivity index (χ3n) is 4.90. The highest BCUT2D eigenvalue weighted by Gasteiger charge is 2.27. The van der Waals surface area contributed by atoms with E-state index in [2.05, 4.69) is 10.2 Å². The standard InChI is InChI=1S/C21H29N5O3S/c1-15-5-7-16(8-6-15)18-22-23-19(30)26(18)10-9-17(27)24-11-13-25(14-12-24)20(28)29-21(2,3)4/h5-8H,9-14H2,1-4H3,(H,23,30). The van der Waals surface area contributed by atoms with Gasteiger partial charge in [-0.05, 0) is 39.9 Å². The van der Waals surface area contributed by atoms with Crippen molar-refractivity contribution in [1.82, 2.24) is 24.6 Å². The normalized spacial score (nSPS) is 14.7. The van der Waals surface area contributed by atoms with Crippen LogP contribution in [0.4, 0.5) is 4.79 Å². The molecule has 1 aliphatic heterocycles. The fourth-order valence-electron chi connectivity index (χ4n) is 3.28. The predicted octanol–water partition coefficient (Wildman–Crippen LogP) is 3.39. The lowest BCUT2D eigenvalue weighted by atomic mass is 10.1. The third kappa shape index (κ3) is 5.47. The van der Waals surface area contributed by atoms with E-state index < -0.39 is 5.60 Å². The zero-order valence-electron chi connectivity index (χ0n) is 18.0. The summed E-state index contributed by atoms with van der Waals surface area (Å²) in [5.41, 5.74) is 1.59. The van der Waals surface area contributed by atoms with E-state index in [-0.39, 0.29) is 12.0 Å². The van der Waals surface area contributed by atoms with Gasteiger partial charge in [0.2, 0.25) is 5.91 Å². The minimum Gasteiger partial charge on any atom is -0.444 e. The molecule has 9 heteroatoms. The monoisotopic (exact) mass is 431 g/mol. The number of ether oxygens (including phenoxy) is 1. The Labute approximate surface area is 181 Å². The maximum Gasteiger partial charge on any atom is 0.410 e. The smallest absolute Gasteiger partial charge is 0.410 e. The Bertz CT molecular complexity index is 950. The second kappa shape index (κ2) is 8.99. The molecule has 1 aliphatic rings. The SMILES string of the molecule is Cc1ccc(-c2n[nH]c(=S)n2CCC(=O)N2CCN(C(=O)OC(C)(C)C)CC2)cc1. The molecular weight excluding hydrogens is 402 g/mol. The van der Waals surface area contributed by atoms with Crippen LogP contribution in [0.2, 0.25) is 0 Å². The third-order valence-corrected chi connectivity index (χ3v) is 5.21. The van der Waals surface area contributed by atoms with Crippen molar-refractivity contribution >= 4 is 24.2 Å². The Hall–Kier alpha value is -2.68. The lowest BCUT2D eigenvalue weighted by Crippen LogP contribution is -2.51. The van der Waals surface area contributed by atoms with Gasteiger partial charge in [0.15, 0.2) is 10.6 Å². The van der Waals surface area contributed by atoms with Gasteiger partial charge < -0.3 is 14.5 Å². The average molecular weight is 432 g/mol. The lowest BCUT2D eigenvalue weighted by molar-refractivity contribution is -0.133. The lowest BCUT2D eigenvalue weighted by Gasteiger charge is -2.35. The first-order valence-corrected chi connectivity index (χ1v) is 10.5. The summed E-state index contributed by atoms with van der Waals surface area (Å²) in [7, 11) is 0. The Balaban J connectivity index is 1.56.